The van der Waals surface area contributed by atoms with Gasteiger partial charge < -0.3 is 9.47 Å². The molecular weight excluding hydrogens is 144 g/mol. The van der Waals surface area contributed by atoms with Crippen LogP contribution in [0.5, 0.6) is 0 Å². The average molecular weight is 154 g/mol. The highest BCUT2D eigenvalue weighted by molar-refractivity contribution is 5.66. The Kier molecular flexibility index (Phi) is 1.46. The molecule has 3 heteroatoms. The molecule has 0 N–H and O–H groups in total. The highest BCUT2D eigenvalue weighted by atomic mass is 16.6. The van der Waals surface area contributed by atoms with E-state index in [1.807, 2.05) is 12.2 Å². The number of carbonyl (C=O) groups excluding carboxylic acids is 1. The van der Waals surface area contributed by atoms with Crippen LogP contribution >= 0.6 is 0 Å². The standard InChI is InChI=1S/C8H10O3/c1-5(9)10-8-4-6-2-3-7(8)11-6/h2-3,6-8H,4H2,1H3. The lowest BCUT2D eigenvalue weighted by Gasteiger charge is -2.14. The summed E-state index contributed by atoms with van der Waals surface area (Å²) >= 11 is 0. The molecule has 0 aromatic carbocycles. The second-order valence-electron chi connectivity index (χ2n) is 2.91. The number of hydrogen-bond acceptors (Lipinski definition) is 3. The average Bonchev–Trinajstić information content (AvgIpc) is 2.45. The summed E-state index contributed by atoms with van der Waals surface area (Å²) in [6, 6.07) is 0. The Morgan fingerprint density at radius 1 is 1.64 bits per heavy atom. The number of carbonyl (C=O) groups is 1. The van der Waals surface area contributed by atoms with Crippen molar-refractivity contribution in [1.29, 1.82) is 0 Å². The van der Waals surface area contributed by atoms with Crippen LogP contribution in [0.15, 0.2) is 12.2 Å². The zero-order chi connectivity index (χ0) is 7.84. The lowest BCUT2D eigenvalue weighted by atomic mass is 10.1. The van der Waals surface area contributed by atoms with Gasteiger partial charge in [0.1, 0.15) is 12.2 Å². The molecule has 3 atom stereocenters. The van der Waals surface area contributed by atoms with E-state index in [1.165, 1.54) is 6.92 Å². The molecule has 3 nitrogen and oxygen atoms in total. The van der Waals surface area contributed by atoms with E-state index in [4.69, 9.17) is 9.47 Å². The van der Waals surface area contributed by atoms with Crippen LogP contribution < -0.4 is 0 Å². The molecule has 1 fully saturated rings. The van der Waals surface area contributed by atoms with Gasteiger partial charge in [-0.2, -0.15) is 0 Å². The molecule has 0 spiro atoms. The first-order valence-corrected chi connectivity index (χ1v) is 3.77. The second-order valence-corrected chi connectivity index (χ2v) is 2.91. The Bertz CT molecular complexity index is 209. The van der Waals surface area contributed by atoms with E-state index in [9.17, 15) is 4.79 Å². The number of ether oxygens (including phenoxy) is 2. The van der Waals surface area contributed by atoms with Gasteiger partial charge in [0.15, 0.2) is 0 Å². The molecule has 2 bridgehead atoms. The minimum Gasteiger partial charge on any atom is -0.459 e. The maximum absolute atomic E-state index is 10.6. The van der Waals surface area contributed by atoms with Crippen LogP contribution in [0, 0.1) is 0 Å². The summed E-state index contributed by atoms with van der Waals surface area (Å²) in [4.78, 5) is 10.6. The number of rotatable bonds is 1. The summed E-state index contributed by atoms with van der Waals surface area (Å²) in [5.41, 5.74) is 0. The van der Waals surface area contributed by atoms with Crippen molar-refractivity contribution < 1.29 is 14.3 Å². The minimum absolute atomic E-state index is 0.0175. The molecule has 0 saturated carbocycles. The molecule has 0 aliphatic carbocycles. The van der Waals surface area contributed by atoms with Crippen LogP contribution in [-0.2, 0) is 14.3 Å². The van der Waals surface area contributed by atoms with Crippen molar-refractivity contribution >= 4 is 5.97 Å². The molecule has 2 heterocycles. The van der Waals surface area contributed by atoms with Gasteiger partial charge in [-0.3, -0.25) is 4.79 Å². The van der Waals surface area contributed by atoms with E-state index in [2.05, 4.69) is 0 Å². The largest absolute Gasteiger partial charge is 0.459 e. The van der Waals surface area contributed by atoms with E-state index >= 15 is 0 Å². The Morgan fingerprint density at radius 2 is 2.45 bits per heavy atom. The van der Waals surface area contributed by atoms with Gasteiger partial charge >= 0.3 is 5.97 Å². The van der Waals surface area contributed by atoms with Gasteiger partial charge in [-0.15, -0.1) is 0 Å². The van der Waals surface area contributed by atoms with Crippen molar-refractivity contribution in [2.75, 3.05) is 0 Å². The van der Waals surface area contributed by atoms with Crippen molar-refractivity contribution in [2.24, 2.45) is 0 Å². The molecular formula is C8H10O3. The Morgan fingerprint density at radius 3 is 2.91 bits per heavy atom. The van der Waals surface area contributed by atoms with E-state index in [0.29, 0.717) is 0 Å². The van der Waals surface area contributed by atoms with E-state index in [1.54, 1.807) is 0 Å². The normalized spacial score (nSPS) is 39.5. The van der Waals surface area contributed by atoms with Crippen LogP contribution in [0.4, 0.5) is 0 Å². The fraction of sp³-hybridized carbons (Fsp3) is 0.625. The number of hydrogen-bond donors (Lipinski definition) is 0. The molecule has 0 amide bonds. The molecule has 11 heavy (non-hydrogen) atoms. The molecule has 3 unspecified atom stereocenters. The van der Waals surface area contributed by atoms with Gasteiger partial charge in [-0.25, -0.2) is 0 Å². The van der Waals surface area contributed by atoms with E-state index in [-0.39, 0.29) is 24.3 Å². The molecule has 2 aliphatic rings. The van der Waals surface area contributed by atoms with Crippen LogP contribution in [-0.4, -0.2) is 24.3 Å². The van der Waals surface area contributed by atoms with Crippen molar-refractivity contribution in [3.8, 4) is 0 Å². The van der Waals surface area contributed by atoms with E-state index in [0.717, 1.165) is 6.42 Å². The maximum Gasteiger partial charge on any atom is 0.303 e. The van der Waals surface area contributed by atoms with Crippen LogP contribution in [0.3, 0.4) is 0 Å². The zero-order valence-electron chi connectivity index (χ0n) is 6.32. The van der Waals surface area contributed by atoms with E-state index < -0.39 is 0 Å². The summed E-state index contributed by atoms with van der Waals surface area (Å²) in [6.07, 6.45) is 4.96. The quantitative estimate of drug-likeness (QED) is 0.411. The smallest absolute Gasteiger partial charge is 0.303 e. The van der Waals surface area contributed by atoms with Crippen molar-refractivity contribution in [1.82, 2.24) is 0 Å². The van der Waals surface area contributed by atoms with Crippen LogP contribution in [0.2, 0.25) is 0 Å². The Balaban J connectivity index is 1.98. The van der Waals surface area contributed by atoms with Crippen molar-refractivity contribution in [3.63, 3.8) is 0 Å². The lowest BCUT2D eigenvalue weighted by molar-refractivity contribution is -0.147. The minimum atomic E-state index is -0.223. The molecule has 2 rings (SSSR count). The first-order valence-electron chi connectivity index (χ1n) is 3.77. The van der Waals surface area contributed by atoms with Gasteiger partial charge in [0.25, 0.3) is 0 Å². The van der Waals surface area contributed by atoms with Crippen LogP contribution in [0.25, 0.3) is 0 Å². The third-order valence-electron chi connectivity index (χ3n) is 2.00. The van der Waals surface area contributed by atoms with Crippen LogP contribution in [0.1, 0.15) is 13.3 Å². The Hall–Kier alpha value is -0.830. The van der Waals surface area contributed by atoms with Gasteiger partial charge in [0.2, 0.25) is 0 Å². The Labute approximate surface area is 65.0 Å². The predicted octanol–water partition coefficient (Wildman–Crippen LogP) is 0.645. The summed E-state index contributed by atoms with van der Waals surface area (Å²) < 4.78 is 10.4. The number of fused-ring (bicyclic) bond motifs is 2. The maximum atomic E-state index is 10.6. The van der Waals surface area contributed by atoms with Crippen molar-refractivity contribution in [2.45, 2.75) is 31.7 Å². The van der Waals surface area contributed by atoms with Gasteiger partial charge in [-0.1, -0.05) is 12.2 Å². The molecule has 1 saturated heterocycles. The highest BCUT2D eigenvalue weighted by Gasteiger charge is 2.38. The monoisotopic (exact) mass is 154 g/mol. The van der Waals surface area contributed by atoms with Gasteiger partial charge in [0.05, 0.1) is 6.10 Å². The topological polar surface area (TPSA) is 35.5 Å². The first-order chi connectivity index (χ1) is 5.25. The third-order valence-corrected chi connectivity index (χ3v) is 2.00. The summed E-state index contributed by atoms with van der Waals surface area (Å²) in [7, 11) is 0. The van der Waals surface area contributed by atoms with Crippen molar-refractivity contribution in [3.05, 3.63) is 12.2 Å². The first kappa shape index (κ1) is 6.85. The molecule has 2 aliphatic heterocycles. The SMILES string of the molecule is CC(=O)OC1CC2C=CC1O2. The molecule has 60 valence electrons. The predicted molar refractivity (Wildman–Crippen MR) is 38.0 cm³/mol. The summed E-state index contributed by atoms with van der Waals surface area (Å²) in [6.45, 7) is 1.43. The summed E-state index contributed by atoms with van der Waals surface area (Å²) in [5, 5.41) is 0. The fourth-order valence-corrected chi connectivity index (χ4v) is 1.56. The molecule has 0 radical (unpaired) electrons. The highest BCUT2D eigenvalue weighted by Crippen LogP contribution is 2.30. The number of esters is 1. The third kappa shape index (κ3) is 1.16. The molecule has 0 aromatic rings. The fourth-order valence-electron chi connectivity index (χ4n) is 1.56. The van der Waals surface area contributed by atoms with Gasteiger partial charge in [0, 0.05) is 13.3 Å². The zero-order valence-corrected chi connectivity index (χ0v) is 6.32. The lowest BCUT2D eigenvalue weighted by Crippen LogP contribution is -2.24. The molecule has 0 aromatic heterocycles. The van der Waals surface area contributed by atoms with Gasteiger partial charge in [-0.05, 0) is 0 Å². The summed E-state index contributed by atoms with van der Waals surface area (Å²) in [5.74, 6) is -0.223. The second kappa shape index (κ2) is 2.34.